The van der Waals surface area contributed by atoms with Crippen LogP contribution in [0.25, 0.3) is 0 Å². The van der Waals surface area contributed by atoms with Crippen LogP contribution in [0.5, 0.6) is 17.2 Å². The molecule has 0 aromatic heterocycles. The summed E-state index contributed by atoms with van der Waals surface area (Å²) in [4.78, 5) is 12.2. The minimum atomic E-state index is -0.128. The van der Waals surface area contributed by atoms with Crippen LogP contribution < -0.4 is 19.6 Å². The number of benzene rings is 3. The zero-order valence-electron chi connectivity index (χ0n) is 19.6. The summed E-state index contributed by atoms with van der Waals surface area (Å²) < 4.78 is 17.4. The Morgan fingerprint density at radius 2 is 1.85 bits per heavy atom. The van der Waals surface area contributed by atoms with Crippen molar-refractivity contribution >= 4 is 28.1 Å². The van der Waals surface area contributed by atoms with Gasteiger partial charge in [0.15, 0.2) is 11.5 Å². The molecule has 0 aliphatic carbocycles. The number of methoxy groups -OCH3 is 2. The first kappa shape index (κ1) is 25.3. The Hall–Kier alpha value is -3.32. The molecule has 0 saturated carbocycles. The highest BCUT2D eigenvalue weighted by Gasteiger charge is 2.12. The summed E-state index contributed by atoms with van der Waals surface area (Å²) in [5.74, 6) is 1.90. The molecule has 3 aromatic rings. The number of hydrogen-bond donors (Lipinski definition) is 1. The monoisotopic (exact) mass is 524 g/mol. The van der Waals surface area contributed by atoms with Gasteiger partial charge in [0.05, 0.1) is 24.9 Å². The van der Waals surface area contributed by atoms with Gasteiger partial charge in [-0.1, -0.05) is 36.4 Å². The smallest absolute Gasteiger partial charge is 0.240 e. The molecule has 0 aliphatic heterocycles. The van der Waals surface area contributed by atoms with Crippen molar-refractivity contribution in [3.63, 3.8) is 0 Å². The summed E-state index contributed by atoms with van der Waals surface area (Å²) in [6.45, 7) is 2.47. The van der Waals surface area contributed by atoms with Crippen LogP contribution in [-0.4, -0.2) is 26.3 Å². The maximum absolute atomic E-state index is 12.2. The Morgan fingerprint density at radius 1 is 1.06 bits per heavy atom. The van der Waals surface area contributed by atoms with Gasteiger partial charge in [-0.15, -0.1) is 0 Å². The van der Waals surface area contributed by atoms with E-state index >= 15 is 0 Å². The summed E-state index contributed by atoms with van der Waals surface area (Å²) in [5, 5.41) is 4.09. The molecule has 0 bridgehead atoms. The van der Waals surface area contributed by atoms with Crippen molar-refractivity contribution in [1.82, 2.24) is 5.43 Å². The van der Waals surface area contributed by atoms with Crippen LogP contribution in [0.15, 0.2) is 70.2 Å². The zero-order valence-corrected chi connectivity index (χ0v) is 21.2. The van der Waals surface area contributed by atoms with E-state index in [9.17, 15) is 4.79 Å². The standard InChI is InChI=1S/C27H29BrN2O4/c1-19-14-23(32-2)13-12-22(19)10-7-11-26(31)30-29-17-21-15-24(28)27(25(16-21)33-3)34-18-20-8-5-4-6-9-20/h4-6,8-9,12-17H,7,10-11,18H2,1-3H3,(H,30,31)/b29-17-. The van der Waals surface area contributed by atoms with Gasteiger partial charge < -0.3 is 14.2 Å². The first-order chi connectivity index (χ1) is 16.5. The third-order valence-electron chi connectivity index (χ3n) is 5.28. The van der Waals surface area contributed by atoms with E-state index in [4.69, 9.17) is 14.2 Å². The predicted molar refractivity (Wildman–Crippen MR) is 138 cm³/mol. The topological polar surface area (TPSA) is 69.2 Å². The average Bonchev–Trinajstić information content (AvgIpc) is 2.84. The van der Waals surface area contributed by atoms with Gasteiger partial charge in [0, 0.05) is 6.42 Å². The molecule has 0 atom stereocenters. The second-order valence-corrected chi connectivity index (χ2v) is 8.60. The fourth-order valence-electron chi connectivity index (χ4n) is 3.43. The van der Waals surface area contributed by atoms with E-state index in [0.29, 0.717) is 24.5 Å². The fraction of sp³-hybridized carbons (Fsp3) is 0.259. The molecule has 1 N–H and O–H groups in total. The third kappa shape index (κ3) is 7.35. The average molecular weight is 525 g/mol. The van der Waals surface area contributed by atoms with Crippen LogP contribution in [0, 0.1) is 6.92 Å². The molecule has 1 amide bonds. The minimum absolute atomic E-state index is 0.128. The second-order valence-electron chi connectivity index (χ2n) is 7.75. The molecule has 178 valence electrons. The lowest BCUT2D eigenvalue weighted by Gasteiger charge is -2.13. The van der Waals surface area contributed by atoms with Crippen LogP contribution in [0.3, 0.4) is 0 Å². The summed E-state index contributed by atoms with van der Waals surface area (Å²) in [6, 6.07) is 19.6. The van der Waals surface area contributed by atoms with Gasteiger partial charge >= 0.3 is 0 Å². The Kier molecular flexibility index (Phi) is 9.52. The molecular formula is C27H29BrN2O4. The highest BCUT2D eigenvalue weighted by Crippen LogP contribution is 2.36. The second kappa shape index (κ2) is 12.8. The van der Waals surface area contributed by atoms with Crippen molar-refractivity contribution in [2.75, 3.05) is 14.2 Å². The van der Waals surface area contributed by atoms with Crippen molar-refractivity contribution in [2.24, 2.45) is 5.10 Å². The van der Waals surface area contributed by atoms with Crippen LogP contribution >= 0.6 is 15.9 Å². The van der Waals surface area contributed by atoms with E-state index in [-0.39, 0.29) is 5.91 Å². The number of ether oxygens (including phenoxy) is 3. The molecule has 0 saturated heterocycles. The van der Waals surface area contributed by atoms with Gasteiger partial charge in [-0.05, 0) is 82.2 Å². The number of hydrazone groups is 1. The van der Waals surface area contributed by atoms with Crippen molar-refractivity contribution in [3.05, 3.63) is 87.4 Å². The summed E-state index contributed by atoms with van der Waals surface area (Å²) >= 11 is 3.54. The lowest BCUT2D eigenvalue weighted by molar-refractivity contribution is -0.121. The number of rotatable bonds is 11. The van der Waals surface area contributed by atoms with Gasteiger partial charge in [-0.2, -0.15) is 5.10 Å². The number of halogens is 1. The van der Waals surface area contributed by atoms with E-state index in [1.165, 1.54) is 5.56 Å². The number of hydrogen-bond acceptors (Lipinski definition) is 5. The third-order valence-corrected chi connectivity index (χ3v) is 5.87. The van der Waals surface area contributed by atoms with Crippen LogP contribution in [0.2, 0.25) is 0 Å². The van der Waals surface area contributed by atoms with Crippen molar-refractivity contribution in [3.8, 4) is 17.2 Å². The number of aryl methyl sites for hydroxylation is 2. The number of nitrogens with one attached hydrogen (secondary N) is 1. The molecule has 3 aromatic carbocycles. The fourth-order valence-corrected chi connectivity index (χ4v) is 4.01. The molecule has 0 unspecified atom stereocenters. The molecule has 0 spiro atoms. The Morgan fingerprint density at radius 3 is 2.56 bits per heavy atom. The maximum Gasteiger partial charge on any atom is 0.240 e. The lowest BCUT2D eigenvalue weighted by atomic mass is 10.0. The van der Waals surface area contributed by atoms with Crippen molar-refractivity contribution in [2.45, 2.75) is 32.8 Å². The zero-order chi connectivity index (χ0) is 24.3. The summed E-state index contributed by atoms with van der Waals surface area (Å²) in [7, 11) is 3.24. The first-order valence-electron chi connectivity index (χ1n) is 11.0. The molecule has 0 heterocycles. The summed E-state index contributed by atoms with van der Waals surface area (Å²) in [6.07, 6.45) is 3.53. The van der Waals surface area contributed by atoms with Crippen LogP contribution in [0.4, 0.5) is 0 Å². The number of carbonyl (C=O) groups is 1. The lowest BCUT2D eigenvalue weighted by Crippen LogP contribution is -2.17. The van der Waals surface area contributed by atoms with E-state index in [0.717, 1.165) is 39.8 Å². The van der Waals surface area contributed by atoms with Crippen LogP contribution in [0.1, 0.15) is 35.1 Å². The molecular weight excluding hydrogens is 496 g/mol. The normalized spacial score (nSPS) is 10.8. The molecule has 0 fully saturated rings. The minimum Gasteiger partial charge on any atom is -0.497 e. The number of nitrogens with zero attached hydrogens (tertiary/aromatic N) is 1. The Balaban J connectivity index is 1.51. The predicted octanol–water partition coefficient (Wildman–Crippen LogP) is 5.83. The Labute approximate surface area is 209 Å². The quantitative estimate of drug-likeness (QED) is 0.253. The van der Waals surface area contributed by atoms with Gasteiger partial charge in [0.2, 0.25) is 5.91 Å². The van der Waals surface area contributed by atoms with Gasteiger partial charge in [-0.25, -0.2) is 5.43 Å². The van der Waals surface area contributed by atoms with E-state index < -0.39 is 0 Å². The Bertz CT molecular complexity index is 1130. The SMILES string of the molecule is COc1ccc(CCCC(=O)N/N=C\c2cc(Br)c(OCc3ccccc3)c(OC)c2)c(C)c1. The van der Waals surface area contributed by atoms with E-state index in [1.54, 1.807) is 20.4 Å². The maximum atomic E-state index is 12.2. The molecule has 3 rings (SSSR count). The largest absolute Gasteiger partial charge is 0.497 e. The van der Waals surface area contributed by atoms with E-state index in [2.05, 4.69) is 26.5 Å². The van der Waals surface area contributed by atoms with Gasteiger partial charge in [-0.3, -0.25) is 4.79 Å². The highest BCUT2D eigenvalue weighted by molar-refractivity contribution is 9.10. The highest BCUT2D eigenvalue weighted by atomic mass is 79.9. The molecule has 0 radical (unpaired) electrons. The van der Waals surface area contributed by atoms with Crippen molar-refractivity contribution in [1.29, 1.82) is 0 Å². The molecule has 6 nitrogen and oxygen atoms in total. The van der Waals surface area contributed by atoms with Crippen LogP contribution in [-0.2, 0) is 17.8 Å². The summed E-state index contributed by atoms with van der Waals surface area (Å²) in [5.41, 5.74) is 6.79. The van der Waals surface area contributed by atoms with Gasteiger partial charge in [0.1, 0.15) is 12.4 Å². The molecule has 0 aliphatic rings. The first-order valence-corrected chi connectivity index (χ1v) is 11.8. The van der Waals surface area contributed by atoms with E-state index in [1.807, 2.05) is 67.6 Å². The number of carbonyl (C=O) groups excluding carboxylic acids is 1. The number of amides is 1. The molecule has 7 heteroatoms. The van der Waals surface area contributed by atoms with Crippen molar-refractivity contribution < 1.29 is 19.0 Å². The van der Waals surface area contributed by atoms with Gasteiger partial charge in [0.25, 0.3) is 0 Å². The molecule has 34 heavy (non-hydrogen) atoms.